The van der Waals surface area contributed by atoms with Gasteiger partial charge in [-0.3, -0.25) is 4.79 Å². The molecule has 0 saturated heterocycles. The molecule has 5 heteroatoms. The van der Waals surface area contributed by atoms with Crippen molar-refractivity contribution in [2.75, 3.05) is 0 Å². The lowest BCUT2D eigenvalue weighted by atomic mass is 10.0. The Morgan fingerprint density at radius 2 is 1.88 bits per heavy atom. The van der Waals surface area contributed by atoms with Crippen LogP contribution in [0.2, 0.25) is 5.02 Å². The number of hydrogen-bond donors (Lipinski definition) is 1. The highest BCUT2D eigenvalue weighted by Gasteiger charge is 2.13. The molecule has 2 aromatic carbocycles. The van der Waals surface area contributed by atoms with Gasteiger partial charge in [0, 0.05) is 21.7 Å². The minimum absolute atomic E-state index is 0.249. The van der Waals surface area contributed by atoms with Crippen LogP contribution in [0.3, 0.4) is 0 Å². The molecule has 0 spiro atoms. The van der Waals surface area contributed by atoms with Gasteiger partial charge in [-0.2, -0.15) is 5.10 Å². The lowest BCUT2D eigenvalue weighted by Gasteiger charge is -2.09. The molecule has 0 radical (unpaired) electrons. The van der Waals surface area contributed by atoms with E-state index in [0.717, 1.165) is 34.3 Å². The van der Waals surface area contributed by atoms with E-state index >= 15 is 0 Å². The molecule has 0 aliphatic rings. The van der Waals surface area contributed by atoms with E-state index in [9.17, 15) is 4.79 Å². The molecule has 0 aliphatic carbocycles. The van der Waals surface area contributed by atoms with Crippen LogP contribution >= 0.6 is 11.6 Å². The van der Waals surface area contributed by atoms with Crippen molar-refractivity contribution >= 4 is 34.1 Å². The summed E-state index contributed by atoms with van der Waals surface area (Å²) >= 11 is 5.96. The zero-order valence-electron chi connectivity index (χ0n) is 14.1. The van der Waals surface area contributed by atoms with Crippen LogP contribution in [0.25, 0.3) is 22.2 Å². The summed E-state index contributed by atoms with van der Waals surface area (Å²) in [6.07, 6.45) is 0.785. The quantitative estimate of drug-likeness (QED) is 0.527. The molecule has 0 bridgehead atoms. The first-order valence-corrected chi connectivity index (χ1v) is 8.45. The maximum Gasteiger partial charge on any atom is 0.272 e. The van der Waals surface area contributed by atoms with E-state index in [4.69, 9.17) is 11.6 Å². The summed E-state index contributed by atoms with van der Waals surface area (Å²) in [6.45, 7) is 3.87. The molecule has 0 unspecified atom stereocenters. The zero-order valence-corrected chi connectivity index (χ0v) is 14.8. The second-order valence-electron chi connectivity index (χ2n) is 5.72. The topological polar surface area (TPSA) is 54.4 Å². The molecule has 3 aromatic rings. The SMILES string of the molecule is CC/C(C)=N/NC(=O)c1cc(-c2ccc(Cl)cc2)nc2ccccc12. The molecular weight excluding hydrogens is 334 g/mol. The van der Waals surface area contributed by atoms with Crippen LogP contribution in [0.5, 0.6) is 0 Å². The number of aromatic nitrogens is 1. The highest BCUT2D eigenvalue weighted by atomic mass is 35.5. The number of fused-ring (bicyclic) bond motifs is 1. The summed E-state index contributed by atoms with van der Waals surface area (Å²) in [7, 11) is 0. The number of halogens is 1. The van der Waals surface area contributed by atoms with Crippen molar-refractivity contribution in [3.63, 3.8) is 0 Å². The number of para-hydroxylation sites is 1. The molecule has 4 nitrogen and oxygen atoms in total. The van der Waals surface area contributed by atoms with E-state index in [1.165, 1.54) is 0 Å². The Hall–Kier alpha value is -2.72. The second kappa shape index (κ2) is 7.45. The molecule has 1 heterocycles. The molecule has 25 heavy (non-hydrogen) atoms. The Bertz CT molecular complexity index is 949. The fraction of sp³-hybridized carbons (Fsp3) is 0.150. The first-order valence-electron chi connectivity index (χ1n) is 8.07. The third kappa shape index (κ3) is 3.86. The molecule has 1 N–H and O–H groups in total. The van der Waals surface area contributed by atoms with E-state index in [1.54, 1.807) is 6.07 Å². The van der Waals surface area contributed by atoms with E-state index in [0.29, 0.717) is 10.6 Å². The van der Waals surface area contributed by atoms with Gasteiger partial charge in [-0.25, -0.2) is 10.4 Å². The average molecular weight is 352 g/mol. The summed E-state index contributed by atoms with van der Waals surface area (Å²) in [5, 5.41) is 5.57. The lowest BCUT2D eigenvalue weighted by Crippen LogP contribution is -2.19. The first-order chi connectivity index (χ1) is 12.1. The molecule has 3 rings (SSSR count). The van der Waals surface area contributed by atoms with Gasteiger partial charge < -0.3 is 0 Å². The highest BCUT2D eigenvalue weighted by Crippen LogP contribution is 2.25. The summed E-state index contributed by atoms with van der Waals surface area (Å²) in [5.41, 5.74) is 6.42. The summed E-state index contributed by atoms with van der Waals surface area (Å²) in [5.74, 6) is -0.249. The van der Waals surface area contributed by atoms with Crippen LogP contribution in [0.4, 0.5) is 0 Å². The van der Waals surface area contributed by atoms with Crippen LogP contribution in [-0.4, -0.2) is 16.6 Å². The predicted molar refractivity (Wildman–Crippen MR) is 103 cm³/mol. The summed E-state index contributed by atoms with van der Waals surface area (Å²) in [4.78, 5) is 17.3. The number of nitrogens with one attached hydrogen (secondary N) is 1. The Balaban J connectivity index is 2.09. The Kier molecular flexibility index (Phi) is 5.10. The molecular formula is C20H18ClN3O. The van der Waals surface area contributed by atoms with Gasteiger partial charge in [0.1, 0.15) is 0 Å². The normalized spacial score (nSPS) is 11.6. The number of rotatable bonds is 4. The van der Waals surface area contributed by atoms with Crippen LogP contribution in [0.15, 0.2) is 59.7 Å². The molecule has 1 aromatic heterocycles. The van der Waals surface area contributed by atoms with Crippen molar-refractivity contribution in [2.24, 2.45) is 5.10 Å². The molecule has 0 aliphatic heterocycles. The maximum absolute atomic E-state index is 12.6. The molecule has 0 atom stereocenters. The Morgan fingerprint density at radius 1 is 1.16 bits per heavy atom. The Labute approximate surface area is 151 Å². The monoisotopic (exact) mass is 351 g/mol. The van der Waals surface area contributed by atoms with E-state index < -0.39 is 0 Å². The number of hydrogen-bond acceptors (Lipinski definition) is 3. The largest absolute Gasteiger partial charge is 0.272 e. The first kappa shape index (κ1) is 17.1. The second-order valence-corrected chi connectivity index (χ2v) is 6.16. The smallest absolute Gasteiger partial charge is 0.267 e. The molecule has 0 saturated carbocycles. The molecule has 126 valence electrons. The number of amides is 1. The number of nitrogens with zero attached hydrogens (tertiary/aromatic N) is 2. The predicted octanol–water partition coefficient (Wildman–Crippen LogP) is 5.07. The van der Waals surface area contributed by atoms with Gasteiger partial charge in [0.15, 0.2) is 0 Å². The standard InChI is InChI=1S/C20H18ClN3O/c1-3-13(2)23-24-20(25)17-12-19(14-8-10-15(21)11-9-14)22-18-7-5-4-6-16(17)18/h4-12H,3H2,1-2H3,(H,24,25)/b23-13+. The van der Waals surface area contributed by atoms with Gasteiger partial charge >= 0.3 is 0 Å². The minimum Gasteiger partial charge on any atom is -0.267 e. The van der Waals surface area contributed by atoms with Gasteiger partial charge in [0.05, 0.1) is 16.8 Å². The fourth-order valence-electron chi connectivity index (χ4n) is 2.42. The third-order valence-corrected chi connectivity index (χ3v) is 4.21. The van der Waals surface area contributed by atoms with Crippen molar-refractivity contribution in [3.8, 4) is 11.3 Å². The maximum atomic E-state index is 12.6. The van der Waals surface area contributed by atoms with Gasteiger partial charge in [-0.05, 0) is 37.6 Å². The van der Waals surface area contributed by atoms with Crippen molar-refractivity contribution in [2.45, 2.75) is 20.3 Å². The van der Waals surface area contributed by atoms with Crippen LogP contribution in [0, 0.1) is 0 Å². The van der Waals surface area contributed by atoms with Crippen molar-refractivity contribution in [3.05, 3.63) is 65.2 Å². The number of pyridine rings is 1. The number of benzene rings is 2. The fourth-order valence-corrected chi connectivity index (χ4v) is 2.54. The minimum atomic E-state index is -0.249. The van der Waals surface area contributed by atoms with Crippen molar-refractivity contribution < 1.29 is 4.79 Å². The van der Waals surface area contributed by atoms with Gasteiger partial charge in [0.25, 0.3) is 5.91 Å². The van der Waals surface area contributed by atoms with E-state index in [-0.39, 0.29) is 5.91 Å². The summed E-state index contributed by atoms with van der Waals surface area (Å²) < 4.78 is 0. The lowest BCUT2D eigenvalue weighted by molar-refractivity contribution is 0.0956. The van der Waals surface area contributed by atoms with Gasteiger partial charge in [-0.1, -0.05) is 48.9 Å². The number of carbonyl (C=O) groups is 1. The zero-order chi connectivity index (χ0) is 17.8. The average Bonchev–Trinajstić information content (AvgIpc) is 2.65. The Morgan fingerprint density at radius 3 is 2.60 bits per heavy atom. The number of hydrazone groups is 1. The summed E-state index contributed by atoms with van der Waals surface area (Å²) in [6, 6.07) is 16.8. The molecule has 0 fully saturated rings. The molecule has 1 amide bonds. The van der Waals surface area contributed by atoms with Crippen molar-refractivity contribution in [1.82, 2.24) is 10.4 Å². The number of carbonyl (C=O) groups excluding carboxylic acids is 1. The van der Waals surface area contributed by atoms with Crippen LogP contribution < -0.4 is 5.43 Å². The highest BCUT2D eigenvalue weighted by molar-refractivity contribution is 6.30. The van der Waals surface area contributed by atoms with E-state index in [2.05, 4.69) is 15.5 Å². The van der Waals surface area contributed by atoms with Gasteiger partial charge in [-0.15, -0.1) is 0 Å². The van der Waals surface area contributed by atoms with Crippen molar-refractivity contribution in [1.29, 1.82) is 0 Å². The van der Waals surface area contributed by atoms with Crippen LogP contribution in [0.1, 0.15) is 30.6 Å². The van der Waals surface area contributed by atoms with E-state index in [1.807, 2.05) is 62.4 Å². The van der Waals surface area contributed by atoms with Crippen LogP contribution in [-0.2, 0) is 0 Å². The third-order valence-electron chi connectivity index (χ3n) is 3.96. The van der Waals surface area contributed by atoms with Gasteiger partial charge in [0.2, 0.25) is 0 Å².